The van der Waals surface area contributed by atoms with Gasteiger partial charge in [-0.15, -0.1) is 0 Å². The van der Waals surface area contributed by atoms with E-state index >= 15 is 0 Å². The molecule has 4 aromatic rings. The molecule has 13 heteroatoms. The molecule has 3 aromatic heterocycles. The average Bonchev–Trinajstić information content (AvgIpc) is 2.91. The standard InChI is InChI=1S/C27H23F4N5O4/c1-2-40-23-17(12-21(32)37)11-20(36-22(23)15-5-7-19(28)8-6-15)26(39,27(29,30)31)14-35-25(38)18-10-16-4-3-9-33-24(16)34-13-18/h3-11,13,39H,2,12,14H2,1H3,(H2,32,37)(H,35,38)/t26-/m0/s1. The summed E-state index contributed by atoms with van der Waals surface area (Å²) in [7, 11) is 0. The number of hydrogen-bond acceptors (Lipinski definition) is 7. The Morgan fingerprint density at radius 2 is 1.82 bits per heavy atom. The predicted molar refractivity (Wildman–Crippen MR) is 136 cm³/mol. The zero-order valence-corrected chi connectivity index (χ0v) is 21.0. The monoisotopic (exact) mass is 557 g/mol. The largest absolute Gasteiger partial charge is 0.491 e. The Labute approximate surface area is 225 Å². The minimum atomic E-state index is -5.34. The highest BCUT2D eigenvalue weighted by Gasteiger charge is 2.56. The van der Waals surface area contributed by atoms with Crippen molar-refractivity contribution in [2.24, 2.45) is 5.73 Å². The minimum absolute atomic E-state index is 0.0515. The van der Waals surface area contributed by atoms with E-state index < -0.39 is 48.1 Å². The molecule has 40 heavy (non-hydrogen) atoms. The quantitative estimate of drug-likeness (QED) is 0.268. The number of rotatable bonds is 9. The van der Waals surface area contributed by atoms with Crippen molar-refractivity contribution >= 4 is 22.8 Å². The van der Waals surface area contributed by atoms with Gasteiger partial charge in [-0.3, -0.25) is 9.59 Å². The number of aromatic nitrogens is 3. The first-order chi connectivity index (χ1) is 18.9. The lowest BCUT2D eigenvalue weighted by molar-refractivity contribution is -0.265. The summed E-state index contributed by atoms with van der Waals surface area (Å²) in [6.07, 6.45) is -3.24. The third kappa shape index (κ3) is 5.83. The fourth-order valence-corrected chi connectivity index (χ4v) is 3.96. The van der Waals surface area contributed by atoms with E-state index in [0.717, 1.165) is 24.4 Å². The van der Waals surface area contributed by atoms with E-state index in [0.29, 0.717) is 11.0 Å². The summed E-state index contributed by atoms with van der Waals surface area (Å²) in [4.78, 5) is 36.7. The Morgan fingerprint density at radius 1 is 1.10 bits per heavy atom. The molecular weight excluding hydrogens is 534 g/mol. The number of primary amides is 1. The number of pyridine rings is 3. The van der Waals surface area contributed by atoms with Crippen LogP contribution in [0.5, 0.6) is 5.75 Å². The molecule has 0 aliphatic rings. The molecule has 0 saturated carbocycles. The zero-order chi connectivity index (χ0) is 29.1. The van der Waals surface area contributed by atoms with Crippen LogP contribution in [0, 0.1) is 5.82 Å². The smallest absolute Gasteiger partial charge is 0.424 e. The summed E-state index contributed by atoms with van der Waals surface area (Å²) in [5.41, 5.74) is 0.845. The Kier molecular flexibility index (Phi) is 7.96. The number of carbonyl (C=O) groups is 2. The summed E-state index contributed by atoms with van der Waals surface area (Å²) in [5, 5.41) is 13.6. The van der Waals surface area contributed by atoms with Crippen LogP contribution in [0.15, 0.2) is 60.9 Å². The van der Waals surface area contributed by atoms with Crippen molar-refractivity contribution in [3.8, 4) is 17.0 Å². The second kappa shape index (κ2) is 11.2. The van der Waals surface area contributed by atoms with E-state index in [-0.39, 0.29) is 34.7 Å². The molecule has 0 saturated heterocycles. The summed E-state index contributed by atoms with van der Waals surface area (Å²) in [5.74, 6) is -2.49. The highest BCUT2D eigenvalue weighted by atomic mass is 19.4. The number of hydrogen-bond donors (Lipinski definition) is 3. The molecule has 4 rings (SSSR count). The number of nitrogens with zero attached hydrogens (tertiary/aromatic N) is 3. The van der Waals surface area contributed by atoms with Crippen molar-refractivity contribution in [2.45, 2.75) is 25.1 Å². The van der Waals surface area contributed by atoms with Gasteiger partial charge in [0.25, 0.3) is 5.91 Å². The van der Waals surface area contributed by atoms with Gasteiger partial charge < -0.3 is 20.9 Å². The molecule has 4 N–H and O–H groups in total. The molecule has 9 nitrogen and oxygen atoms in total. The number of ether oxygens (including phenoxy) is 1. The van der Waals surface area contributed by atoms with E-state index in [4.69, 9.17) is 10.5 Å². The lowest BCUT2D eigenvalue weighted by atomic mass is 9.93. The van der Waals surface area contributed by atoms with Gasteiger partial charge in [-0.25, -0.2) is 19.3 Å². The van der Waals surface area contributed by atoms with Crippen molar-refractivity contribution in [1.29, 1.82) is 0 Å². The Bertz CT molecular complexity index is 1560. The maximum atomic E-state index is 14.4. The maximum absolute atomic E-state index is 14.4. The third-order valence-electron chi connectivity index (χ3n) is 5.93. The summed E-state index contributed by atoms with van der Waals surface area (Å²) in [6.45, 7) is 0.325. The zero-order valence-electron chi connectivity index (χ0n) is 21.0. The Hall–Kier alpha value is -4.65. The number of nitrogens with two attached hydrogens (primary N) is 1. The fourth-order valence-electron chi connectivity index (χ4n) is 3.96. The number of nitrogens with one attached hydrogen (secondary N) is 1. The van der Waals surface area contributed by atoms with Crippen molar-refractivity contribution in [2.75, 3.05) is 13.2 Å². The summed E-state index contributed by atoms with van der Waals surface area (Å²) >= 11 is 0. The SMILES string of the molecule is CCOc1c(CC(N)=O)cc([C@@](O)(CNC(=O)c2cnc3ncccc3c2)C(F)(F)F)nc1-c1ccc(F)cc1. The molecular formula is C27H23F4N5O4. The highest BCUT2D eigenvalue weighted by molar-refractivity contribution is 5.96. The molecule has 0 bridgehead atoms. The molecule has 0 fully saturated rings. The van der Waals surface area contributed by atoms with Crippen molar-refractivity contribution in [3.05, 3.63) is 83.6 Å². The van der Waals surface area contributed by atoms with Gasteiger partial charge in [0.05, 0.1) is 30.8 Å². The van der Waals surface area contributed by atoms with E-state index in [1.165, 1.54) is 24.4 Å². The number of alkyl halides is 3. The van der Waals surface area contributed by atoms with Crippen molar-refractivity contribution in [3.63, 3.8) is 0 Å². The molecule has 1 atom stereocenters. The van der Waals surface area contributed by atoms with Crippen LogP contribution in [0.3, 0.4) is 0 Å². The first-order valence-electron chi connectivity index (χ1n) is 11.9. The van der Waals surface area contributed by atoms with Gasteiger partial charge in [0.2, 0.25) is 11.5 Å². The highest BCUT2D eigenvalue weighted by Crippen LogP contribution is 2.42. The van der Waals surface area contributed by atoms with E-state index in [2.05, 4.69) is 20.3 Å². The number of aliphatic hydroxyl groups is 1. The lowest BCUT2D eigenvalue weighted by Crippen LogP contribution is -2.51. The van der Waals surface area contributed by atoms with Crippen LogP contribution in [0.1, 0.15) is 28.5 Å². The van der Waals surface area contributed by atoms with Gasteiger partial charge in [-0.05, 0) is 55.5 Å². The molecule has 0 radical (unpaired) electrons. The molecule has 0 aliphatic carbocycles. The Balaban J connectivity index is 1.79. The van der Waals surface area contributed by atoms with Crippen LogP contribution < -0.4 is 15.8 Å². The second-order valence-corrected chi connectivity index (χ2v) is 8.74. The minimum Gasteiger partial charge on any atom is -0.491 e. The van der Waals surface area contributed by atoms with Gasteiger partial charge in [0.1, 0.15) is 17.3 Å². The molecule has 2 amide bonds. The molecule has 3 heterocycles. The topological polar surface area (TPSA) is 140 Å². The van der Waals surface area contributed by atoms with Gasteiger partial charge in [-0.2, -0.15) is 13.2 Å². The number of halogens is 4. The molecule has 208 valence electrons. The Morgan fingerprint density at radius 3 is 2.48 bits per heavy atom. The summed E-state index contributed by atoms with van der Waals surface area (Å²) < 4.78 is 62.5. The van der Waals surface area contributed by atoms with Crippen LogP contribution in [0.4, 0.5) is 17.6 Å². The van der Waals surface area contributed by atoms with E-state index in [1.54, 1.807) is 19.1 Å². The number of carbonyl (C=O) groups excluding carboxylic acids is 2. The van der Waals surface area contributed by atoms with E-state index in [9.17, 15) is 32.3 Å². The van der Waals surface area contributed by atoms with Crippen LogP contribution in [-0.2, 0) is 16.8 Å². The molecule has 0 spiro atoms. The lowest BCUT2D eigenvalue weighted by Gasteiger charge is -2.31. The molecule has 0 aliphatic heterocycles. The van der Waals surface area contributed by atoms with Gasteiger partial charge in [-0.1, -0.05) is 0 Å². The van der Waals surface area contributed by atoms with Crippen LogP contribution >= 0.6 is 0 Å². The van der Waals surface area contributed by atoms with Crippen LogP contribution in [0.25, 0.3) is 22.3 Å². The predicted octanol–water partition coefficient (Wildman–Crippen LogP) is 3.44. The van der Waals surface area contributed by atoms with Crippen LogP contribution in [0.2, 0.25) is 0 Å². The first kappa shape index (κ1) is 28.4. The van der Waals surface area contributed by atoms with Crippen LogP contribution in [-0.4, -0.2) is 51.2 Å². The maximum Gasteiger partial charge on any atom is 0.424 e. The van der Waals surface area contributed by atoms with E-state index in [1.807, 2.05) is 0 Å². The van der Waals surface area contributed by atoms with Crippen molar-refractivity contribution in [1.82, 2.24) is 20.3 Å². The number of fused-ring (bicyclic) bond motifs is 1. The molecule has 0 unspecified atom stereocenters. The summed E-state index contributed by atoms with van der Waals surface area (Å²) in [6, 6.07) is 10.1. The number of amides is 2. The van der Waals surface area contributed by atoms with Gasteiger partial charge in [0, 0.05) is 28.9 Å². The second-order valence-electron chi connectivity index (χ2n) is 8.74. The van der Waals surface area contributed by atoms with Gasteiger partial charge >= 0.3 is 6.18 Å². The normalized spacial score (nSPS) is 13.1. The van der Waals surface area contributed by atoms with Crippen molar-refractivity contribution < 1.29 is 37.0 Å². The average molecular weight is 558 g/mol. The molecule has 1 aromatic carbocycles. The fraction of sp³-hybridized carbons (Fsp3) is 0.222. The number of benzene rings is 1. The first-order valence-corrected chi connectivity index (χ1v) is 11.9. The third-order valence-corrected chi connectivity index (χ3v) is 5.93. The van der Waals surface area contributed by atoms with Gasteiger partial charge in [0.15, 0.2) is 5.65 Å².